The molecule has 118 valence electrons. The summed E-state index contributed by atoms with van der Waals surface area (Å²) >= 11 is 0. The van der Waals surface area contributed by atoms with Gasteiger partial charge >= 0.3 is 11.9 Å². The standard InChI is InChI=1S/C12H11F3N4O3/c13-12(14,15)6-17-9(20)5-19-10(21)7(4-16)8-2-1-3-18(8)11(19)22/h1-3,5-6H2,(H,17,20). The number of carbonyl (C=O) groups excluding carboxylic acids is 1. The highest BCUT2D eigenvalue weighted by Gasteiger charge is 2.28. The summed E-state index contributed by atoms with van der Waals surface area (Å²) in [7, 11) is 0. The van der Waals surface area contributed by atoms with Crippen LogP contribution in [-0.2, 0) is 24.3 Å². The van der Waals surface area contributed by atoms with Crippen molar-refractivity contribution >= 4 is 5.91 Å². The number of halogens is 3. The summed E-state index contributed by atoms with van der Waals surface area (Å²) in [6.07, 6.45) is -3.62. The van der Waals surface area contributed by atoms with Crippen LogP contribution in [0, 0.1) is 11.3 Å². The highest BCUT2D eigenvalue weighted by Crippen LogP contribution is 2.13. The van der Waals surface area contributed by atoms with Crippen LogP contribution in [0.4, 0.5) is 13.2 Å². The first-order chi connectivity index (χ1) is 10.2. The number of aromatic nitrogens is 2. The van der Waals surface area contributed by atoms with Gasteiger partial charge < -0.3 is 5.32 Å². The molecule has 0 saturated heterocycles. The molecule has 2 rings (SSSR count). The van der Waals surface area contributed by atoms with E-state index in [0.29, 0.717) is 29.6 Å². The van der Waals surface area contributed by atoms with Gasteiger partial charge in [0.2, 0.25) is 5.91 Å². The lowest BCUT2D eigenvalue weighted by atomic mass is 10.2. The van der Waals surface area contributed by atoms with Crippen molar-refractivity contribution in [1.82, 2.24) is 14.5 Å². The Morgan fingerprint density at radius 1 is 1.36 bits per heavy atom. The smallest absolute Gasteiger partial charge is 0.345 e. The second-order valence-corrected chi connectivity index (χ2v) is 4.75. The zero-order valence-corrected chi connectivity index (χ0v) is 11.2. The van der Waals surface area contributed by atoms with E-state index in [1.807, 2.05) is 0 Å². The summed E-state index contributed by atoms with van der Waals surface area (Å²) in [6, 6.07) is 1.69. The number of carbonyl (C=O) groups is 1. The summed E-state index contributed by atoms with van der Waals surface area (Å²) < 4.78 is 37.7. The van der Waals surface area contributed by atoms with E-state index in [9.17, 15) is 27.6 Å². The Hall–Kier alpha value is -2.57. The van der Waals surface area contributed by atoms with Crippen molar-refractivity contribution in [2.24, 2.45) is 0 Å². The molecule has 0 bridgehead atoms. The van der Waals surface area contributed by atoms with Crippen LogP contribution in [0.1, 0.15) is 17.7 Å². The Bertz CT molecular complexity index is 770. The van der Waals surface area contributed by atoms with Crippen LogP contribution < -0.4 is 16.6 Å². The van der Waals surface area contributed by atoms with E-state index in [1.165, 1.54) is 4.57 Å². The molecule has 0 aliphatic carbocycles. The molecule has 0 fully saturated rings. The summed E-state index contributed by atoms with van der Waals surface area (Å²) in [4.78, 5) is 35.6. The number of hydrogen-bond donors (Lipinski definition) is 1. The van der Waals surface area contributed by atoms with Crippen molar-refractivity contribution in [3.05, 3.63) is 32.1 Å². The second kappa shape index (κ2) is 5.67. The van der Waals surface area contributed by atoms with Gasteiger partial charge in [-0.1, -0.05) is 0 Å². The van der Waals surface area contributed by atoms with E-state index >= 15 is 0 Å². The quantitative estimate of drug-likeness (QED) is 0.813. The Morgan fingerprint density at radius 2 is 2.05 bits per heavy atom. The molecule has 1 aromatic rings. The first-order valence-electron chi connectivity index (χ1n) is 6.34. The summed E-state index contributed by atoms with van der Waals surface area (Å²) in [6.45, 7) is -2.12. The van der Waals surface area contributed by atoms with Gasteiger partial charge in [-0.15, -0.1) is 0 Å². The maximum Gasteiger partial charge on any atom is 0.405 e. The van der Waals surface area contributed by atoms with Crippen LogP contribution in [0.25, 0.3) is 0 Å². The Morgan fingerprint density at radius 3 is 2.64 bits per heavy atom. The van der Waals surface area contributed by atoms with E-state index in [4.69, 9.17) is 5.26 Å². The molecular formula is C12H11F3N4O3. The number of nitrogens with zero attached hydrogens (tertiary/aromatic N) is 3. The number of alkyl halides is 3. The minimum atomic E-state index is -4.59. The third kappa shape index (κ3) is 3.03. The molecular weight excluding hydrogens is 305 g/mol. The van der Waals surface area contributed by atoms with E-state index in [2.05, 4.69) is 0 Å². The number of fused-ring (bicyclic) bond motifs is 1. The van der Waals surface area contributed by atoms with Crippen molar-refractivity contribution in [2.45, 2.75) is 32.1 Å². The molecule has 1 aliphatic rings. The maximum atomic E-state index is 12.1. The van der Waals surface area contributed by atoms with Gasteiger partial charge in [-0.2, -0.15) is 18.4 Å². The molecule has 1 N–H and O–H groups in total. The molecule has 0 atom stereocenters. The minimum Gasteiger partial charge on any atom is -0.345 e. The third-order valence-corrected chi connectivity index (χ3v) is 3.23. The zero-order valence-electron chi connectivity index (χ0n) is 11.2. The summed E-state index contributed by atoms with van der Waals surface area (Å²) in [5.74, 6) is -1.13. The molecule has 1 aromatic heterocycles. The topological polar surface area (TPSA) is 96.9 Å². The fraction of sp³-hybridized carbons (Fsp3) is 0.500. The zero-order chi connectivity index (χ0) is 16.5. The van der Waals surface area contributed by atoms with E-state index in [1.54, 1.807) is 11.4 Å². The molecule has 0 unspecified atom stereocenters. The molecule has 0 saturated carbocycles. The third-order valence-electron chi connectivity index (χ3n) is 3.23. The largest absolute Gasteiger partial charge is 0.405 e. The second-order valence-electron chi connectivity index (χ2n) is 4.75. The van der Waals surface area contributed by atoms with E-state index in [-0.39, 0.29) is 5.56 Å². The first-order valence-corrected chi connectivity index (χ1v) is 6.34. The van der Waals surface area contributed by atoms with Gasteiger partial charge in [0.05, 0.1) is 0 Å². The molecule has 10 heteroatoms. The lowest BCUT2D eigenvalue weighted by Gasteiger charge is -2.12. The summed E-state index contributed by atoms with van der Waals surface area (Å²) in [5.41, 5.74) is -1.69. The summed E-state index contributed by atoms with van der Waals surface area (Å²) in [5, 5.41) is 10.6. The Balaban J connectivity index is 2.33. The fourth-order valence-corrected chi connectivity index (χ4v) is 2.29. The van der Waals surface area contributed by atoms with Crippen LogP contribution in [-0.4, -0.2) is 27.8 Å². The van der Waals surface area contributed by atoms with Crippen molar-refractivity contribution in [3.63, 3.8) is 0 Å². The van der Waals surface area contributed by atoms with Gasteiger partial charge in [-0.25, -0.2) is 9.36 Å². The molecule has 7 nitrogen and oxygen atoms in total. The average molecular weight is 316 g/mol. The monoisotopic (exact) mass is 316 g/mol. The predicted molar refractivity (Wildman–Crippen MR) is 67.1 cm³/mol. The van der Waals surface area contributed by atoms with Gasteiger partial charge in [0.1, 0.15) is 24.7 Å². The molecule has 22 heavy (non-hydrogen) atoms. The van der Waals surface area contributed by atoms with Crippen molar-refractivity contribution in [2.75, 3.05) is 6.54 Å². The predicted octanol–water partition coefficient (Wildman–Crippen LogP) is -0.494. The van der Waals surface area contributed by atoms with Crippen LogP contribution in [0.15, 0.2) is 9.59 Å². The van der Waals surface area contributed by atoms with Gasteiger partial charge in [0.25, 0.3) is 5.56 Å². The highest BCUT2D eigenvalue weighted by atomic mass is 19.4. The van der Waals surface area contributed by atoms with Crippen LogP contribution >= 0.6 is 0 Å². The van der Waals surface area contributed by atoms with Crippen molar-refractivity contribution in [1.29, 1.82) is 5.26 Å². The van der Waals surface area contributed by atoms with Gasteiger partial charge in [-0.3, -0.25) is 14.2 Å². The first kappa shape index (κ1) is 15.8. The van der Waals surface area contributed by atoms with Gasteiger partial charge in [-0.05, 0) is 12.8 Å². The number of nitriles is 1. The van der Waals surface area contributed by atoms with Crippen LogP contribution in [0.5, 0.6) is 0 Å². The Kier molecular flexibility index (Phi) is 4.07. The molecule has 1 amide bonds. The van der Waals surface area contributed by atoms with E-state index in [0.717, 1.165) is 0 Å². The van der Waals surface area contributed by atoms with Crippen molar-refractivity contribution in [3.8, 4) is 6.07 Å². The van der Waals surface area contributed by atoms with E-state index < -0.39 is 36.4 Å². The maximum absolute atomic E-state index is 12.1. The molecule has 2 heterocycles. The lowest BCUT2D eigenvalue weighted by molar-refractivity contribution is -0.138. The number of hydrogen-bond acceptors (Lipinski definition) is 4. The molecule has 1 aliphatic heterocycles. The molecule has 0 aromatic carbocycles. The van der Waals surface area contributed by atoms with Crippen LogP contribution in [0.2, 0.25) is 0 Å². The van der Waals surface area contributed by atoms with Gasteiger partial charge in [0.15, 0.2) is 0 Å². The minimum absolute atomic E-state index is 0.249. The average Bonchev–Trinajstić information content (AvgIpc) is 2.90. The Labute approximate surface area is 121 Å². The van der Waals surface area contributed by atoms with Gasteiger partial charge in [0, 0.05) is 12.2 Å². The number of nitrogens with one attached hydrogen (secondary N) is 1. The SMILES string of the molecule is N#Cc1c2n(c(=O)n(CC(=O)NCC(F)(F)F)c1=O)CCC2. The normalized spacial score (nSPS) is 13.5. The number of rotatable bonds is 3. The highest BCUT2D eigenvalue weighted by molar-refractivity contribution is 5.75. The molecule has 0 radical (unpaired) electrons. The van der Waals surface area contributed by atoms with Crippen LogP contribution in [0.3, 0.4) is 0 Å². The van der Waals surface area contributed by atoms with Crippen molar-refractivity contribution < 1.29 is 18.0 Å². The number of amides is 1. The molecule has 0 spiro atoms. The fourth-order valence-electron chi connectivity index (χ4n) is 2.29. The lowest BCUT2D eigenvalue weighted by Crippen LogP contribution is -2.46.